The number of hydrogen-bond acceptors (Lipinski definition) is 1. The number of anilines is 1. The topological polar surface area (TPSA) is 20.3 Å². The Kier molecular flexibility index (Phi) is 4.42. The zero-order valence-electron chi connectivity index (χ0n) is 13.6. The molecule has 0 spiro atoms. The van der Waals surface area contributed by atoms with Gasteiger partial charge in [-0.2, -0.15) is 0 Å². The highest BCUT2D eigenvalue weighted by atomic mass is 16.2. The number of nitrogens with zero attached hydrogens (tertiary/aromatic N) is 1. The Bertz CT molecular complexity index is 810. The molecule has 0 radical (unpaired) electrons. The van der Waals surface area contributed by atoms with Crippen molar-refractivity contribution in [3.8, 4) is 0 Å². The quantitative estimate of drug-likeness (QED) is 0.664. The normalized spacial score (nSPS) is 12.1. The first-order valence-corrected chi connectivity index (χ1v) is 7.95. The predicted molar refractivity (Wildman–Crippen MR) is 96.8 cm³/mol. The van der Waals surface area contributed by atoms with Gasteiger partial charge < -0.3 is 4.90 Å². The molecule has 0 saturated carbocycles. The van der Waals surface area contributed by atoms with Crippen LogP contribution in [0.1, 0.15) is 24.8 Å². The fraction of sp³-hybridized carbons (Fsp3) is 0.190. The Balaban J connectivity index is 1.75. The van der Waals surface area contributed by atoms with E-state index in [2.05, 4.69) is 43.3 Å². The molecule has 3 rings (SSSR count). The van der Waals surface area contributed by atoms with E-state index in [9.17, 15) is 4.79 Å². The number of hydrogen-bond donors (Lipinski definition) is 0. The van der Waals surface area contributed by atoms with Crippen LogP contribution in [0, 0.1) is 0 Å². The predicted octanol–water partition coefficient (Wildman–Crippen LogP) is 5.00. The molecule has 0 N–H and O–H groups in total. The van der Waals surface area contributed by atoms with Crippen LogP contribution >= 0.6 is 0 Å². The van der Waals surface area contributed by atoms with Crippen LogP contribution in [-0.2, 0) is 4.79 Å². The molecule has 0 aromatic heterocycles. The van der Waals surface area contributed by atoms with Crippen LogP contribution in [0.2, 0.25) is 0 Å². The number of amides is 1. The van der Waals surface area contributed by atoms with Crippen LogP contribution in [0.4, 0.5) is 5.69 Å². The molecule has 0 aliphatic carbocycles. The molecule has 0 heterocycles. The average molecular weight is 303 g/mol. The van der Waals surface area contributed by atoms with Crippen molar-refractivity contribution in [2.75, 3.05) is 11.9 Å². The maximum Gasteiger partial charge on any atom is 0.227 e. The Morgan fingerprint density at radius 3 is 2.30 bits per heavy atom. The van der Waals surface area contributed by atoms with Crippen molar-refractivity contribution in [2.45, 2.75) is 19.3 Å². The SMILES string of the molecule is CC(CC(=O)N(C)c1ccc2ccccc2c1)c1ccccc1. The maximum atomic E-state index is 12.6. The van der Waals surface area contributed by atoms with Crippen LogP contribution in [0.15, 0.2) is 72.8 Å². The maximum absolute atomic E-state index is 12.6. The van der Waals surface area contributed by atoms with Gasteiger partial charge in [0.25, 0.3) is 0 Å². The highest BCUT2D eigenvalue weighted by Crippen LogP contribution is 2.24. The van der Waals surface area contributed by atoms with Crippen molar-refractivity contribution in [2.24, 2.45) is 0 Å². The van der Waals surface area contributed by atoms with E-state index in [1.54, 1.807) is 4.90 Å². The molecule has 0 bridgehead atoms. The molecule has 23 heavy (non-hydrogen) atoms. The largest absolute Gasteiger partial charge is 0.315 e. The lowest BCUT2D eigenvalue weighted by Gasteiger charge is -2.20. The van der Waals surface area contributed by atoms with Gasteiger partial charge in [-0.15, -0.1) is 0 Å². The lowest BCUT2D eigenvalue weighted by atomic mass is 9.97. The second-order valence-electron chi connectivity index (χ2n) is 6.00. The van der Waals surface area contributed by atoms with Crippen molar-refractivity contribution in [3.63, 3.8) is 0 Å². The zero-order chi connectivity index (χ0) is 16.2. The number of carbonyl (C=O) groups is 1. The molecule has 0 saturated heterocycles. The Hall–Kier alpha value is -2.61. The summed E-state index contributed by atoms with van der Waals surface area (Å²) < 4.78 is 0. The molecule has 2 nitrogen and oxygen atoms in total. The second kappa shape index (κ2) is 6.66. The molecule has 3 aromatic carbocycles. The van der Waals surface area contributed by atoms with Gasteiger partial charge in [0, 0.05) is 19.2 Å². The van der Waals surface area contributed by atoms with Crippen LogP contribution in [0.5, 0.6) is 0 Å². The van der Waals surface area contributed by atoms with E-state index in [1.807, 2.05) is 43.4 Å². The summed E-state index contributed by atoms with van der Waals surface area (Å²) in [7, 11) is 1.85. The Morgan fingerprint density at radius 1 is 0.913 bits per heavy atom. The van der Waals surface area contributed by atoms with Gasteiger partial charge in [-0.25, -0.2) is 0 Å². The van der Waals surface area contributed by atoms with Crippen molar-refractivity contribution < 1.29 is 4.79 Å². The minimum absolute atomic E-state index is 0.136. The third kappa shape index (κ3) is 3.42. The van der Waals surface area contributed by atoms with Gasteiger partial charge in [0.2, 0.25) is 5.91 Å². The average Bonchev–Trinajstić information content (AvgIpc) is 2.61. The van der Waals surface area contributed by atoms with Crippen molar-refractivity contribution in [1.29, 1.82) is 0 Å². The number of rotatable bonds is 4. The van der Waals surface area contributed by atoms with E-state index in [1.165, 1.54) is 10.9 Å². The molecule has 0 aliphatic heterocycles. The Labute approximate surface area is 137 Å². The van der Waals surface area contributed by atoms with Crippen LogP contribution in [0.3, 0.4) is 0 Å². The van der Waals surface area contributed by atoms with E-state index < -0.39 is 0 Å². The van der Waals surface area contributed by atoms with Gasteiger partial charge >= 0.3 is 0 Å². The van der Waals surface area contributed by atoms with Crippen molar-refractivity contribution >= 4 is 22.4 Å². The van der Waals surface area contributed by atoms with Gasteiger partial charge in [0.1, 0.15) is 0 Å². The van der Waals surface area contributed by atoms with Gasteiger partial charge in [0.15, 0.2) is 0 Å². The fourth-order valence-electron chi connectivity index (χ4n) is 2.83. The smallest absolute Gasteiger partial charge is 0.227 e. The van der Waals surface area contributed by atoms with Crippen LogP contribution in [-0.4, -0.2) is 13.0 Å². The first kappa shape index (κ1) is 15.3. The van der Waals surface area contributed by atoms with Crippen LogP contribution in [0.25, 0.3) is 10.8 Å². The standard InChI is InChI=1S/C21H21NO/c1-16(17-8-4-3-5-9-17)14-21(23)22(2)20-13-12-18-10-6-7-11-19(18)15-20/h3-13,15-16H,14H2,1-2H3. The summed E-state index contributed by atoms with van der Waals surface area (Å²) in [5, 5.41) is 2.34. The molecular formula is C21H21NO. The summed E-state index contributed by atoms with van der Waals surface area (Å²) in [6.07, 6.45) is 0.507. The summed E-state index contributed by atoms with van der Waals surface area (Å²) in [5.74, 6) is 0.350. The molecule has 0 aliphatic rings. The summed E-state index contributed by atoms with van der Waals surface area (Å²) in [6.45, 7) is 2.10. The second-order valence-corrected chi connectivity index (χ2v) is 6.00. The molecule has 0 fully saturated rings. The monoisotopic (exact) mass is 303 g/mol. The summed E-state index contributed by atoms with van der Waals surface area (Å²) in [5.41, 5.74) is 2.14. The highest BCUT2D eigenvalue weighted by Gasteiger charge is 2.16. The van der Waals surface area contributed by atoms with Gasteiger partial charge in [-0.1, -0.05) is 67.6 Å². The summed E-state index contributed by atoms with van der Waals surface area (Å²) in [4.78, 5) is 14.3. The van der Waals surface area contributed by atoms with Gasteiger partial charge in [0.05, 0.1) is 0 Å². The molecule has 1 amide bonds. The zero-order valence-corrected chi connectivity index (χ0v) is 13.6. The molecular weight excluding hydrogens is 282 g/mol. The first-order valence-electron chi connectivity index (χ1n) is 7.95. The van der Waals surface area contributed by atoms with Crippen molar-refractivity contribution in [3.05, 3.63) is 78.4 Å². The molecule has 1 atom stereocenters. The molecule has 2 heteroatoms. The lowest BCUT2D eigenvalue weighted by Crippen LogP contribution is -2.27. The first-order chi connectivity index (χ1) is 11.1. The van der Waals surface area contributed by atoms with Gasteiger partial charge in [-0.05, 0) is 34.4 Å². The van der Waals surface area contributed by atoms with Crippen LogP contribution < -0.4 is 4.90 Å². The Morgan fingerprint density at radius 2 is 1.57 bits per heavy atom. The van der Waals surface area contributed by atoms with E-state index >= 15 is 0 Å². The molecule has 116 valence electrons. The minimum Gasteiger partial charge on any atom is -0.315 e. The molecule has 1 unspecified atom stereocenters. The third-order valence-electron chi connectivity index (χ3n) is 4.34. The summed E-state index contributed by atoms with van der Waals surface area (Å²) in [6, 6.07) is 24.5. The van der Waals surface area contributed by atoms with E-state index in [4.69, 9.17) is 0 Å². The number of carbonyl (C=O) groups excluding carboxylic acids is 1. The minimum atomic E-state index is 0.136. The van der Waals surface area contributed by atoms with E-state index in [0.29, 0.717) is 6.42 Å². The molecule has 3 aromatic rings. The fourth-order valence-corrected chi connectivity index (χ4v) is 2.83. The van der Waals surface area contributed by atoms with Crippen molar-refractivity contribution in [1.82, 2.24) is 0 Å². The lowest BCUT2D eigenvalue weighted by molar-refractivity contribution is -0.118. The third-order valence-corrected chi connectivity index (χ3v) is 4.34. The number of benzene rings is 3. The highest BCUT2D eigenvalue weighted by molar-refractivity contribution is 5.96. The summed E-state index contributed by atoms with van der Waals surface area (Å²) >= 11 is 0. The van der Waals surface area contributed by atoms with E-state index in [0.717, 1.165) is 11.1 Å². The number of fused-ring (bicyclic) bond motifs is 1. The van der Waals surface area contributed by atoms with E-state index in [-0.39, 0.29) is 11.8 Å². The van der Waals surface area contributed by atoms with Gasteiger partial charge in [-0.3, -0.25) is 4.79 Å².